The molecular weight excluding hydrogens is 432 g/mol. The van der Waals surface area contributed by atoms with E-state index in [0.717, 1.165) is 11.1 Å². The summed E-state index contributed by atoms with van der Waals surface area (Å²) >= 11 is 6.10. The molecule has 4 rings (SSSR count). The second-order valence-electron chi connectivity index (χ2n) is 7.82. The van der Waals surface area contributed by atoms with Gasteiger partial charge in [-0.25, -0.2) is 0 Å². The smallest absolute Gasteiger partial charge is 0.257 e. The van der Waals surface area contributed by atoms with Crippen LogP contribution in [0.15, 0.2) is 109 Å². The average Bonchev–Trinajstić information content (AvgIpc) is 2.86. The number of anilines is 2. The topological polar surface area (TPSA) is 58.2 Å². The first-order valence-electron chi connectivity index (χ1n) is 10.6. The van der Waals surface area contributed by atoms with Crippen molar-refractivity contribution in [1.29, 1.82) is 0 Å². The van der Waals surface area contributed by atoms with Crippen molar-refractivity contribution in [2.45, 2.75) is 12.3 Å². The van der Waals surface area contributed by atoms with Gasteiger partial charge in [-0.15, -0.1) is 0 Å². The molecular formula is C28H23ClN2O2. The number of rotatable bonds is 6. The maximum Gasteiger partial charge on any atom is 0.257 e. The molecule has 2 amide bonds. The van der Waals surface area contributed by atoms with E-state index in [1.54, 1.807) is 48.5 Å². The van der Waals surface area contributed by atoms with Crippen LogP contribution >= 0.6 is 11.6 Å². The summed E-state index contributed by atoms with van der Waals surface area (Å²) in [5.41, 5.74) is 2.56. The molecule has 0 aliphatic rings. The predicted molar refractivity (Wildman–Crippen MR) is 134 cm³/mol. The van der Waals surface area contributed by atoms with Crippen molar-refractivity contribution in [3.63, 3.8) is 0 Å². The lowest BCUT2D eigenvalue weighted by atomic mass is 9.75. The van der Waals surface area contributed by atoms with Crippen molar-refractivity contribution in [1.82, 2.24) is 0 Å². The molecule has 0 aromatic heterocycles. The first-order chi connectivity index (χ1) is 16.0. The fourth-order valence-corrected chi connectivity index (χ4v) is 3.93. The molecule has 0 fully saturated rings. The number of nitrogens with one attached hydrogen (secondary N) is 2. The van der Waals surface area contributed by atoms with E-state index in [1.165, 1.54) is 0 Å². The van der Waals surface area contributed by atoms with E-state index in [9.17, 15) is 9.59 Å². The summed E-state index contributed by atoms with van der Waals surface area (Å²) in [4.78, 5) is 26.0. The molecule has 0 radical (unpaired) electrons. The zero-order valence-electron chi connectivity index (χ0n) is 18.1. The van der Waals surface area contributed by atoms with E-state index in [1.807, 2.05) is 67.6 Å². The number of amides is 2. The predicted octanol–water partition coefficient (Wildman–Crippen LogP) is 6.54. The normalized spacial score (nSPS) is 11.0. The standard InChI is InChI=1S/C28H23ClN2O2/c1-28(20-10-4-2-5-11-20,21-12-6-3-7-13-21)27(33)31-23-18-16-22(17-19-23)30-26(32)24-14-8-9-15-25(24)29/h2-19H,1H3,(H,30,32)(H,31,33). The largest absolute Gasteiger partial charge is 0.325 e. The molecule has 4 nitrogen and oxygen atoms in total. The molecule has 0 bridgehead atoms. The van der Waals surface area contributed by atoms with Gasteiger partial charge in [-0.3, -0.25) is 9.59 Å². The first-order valence-corrected chi connectivity index (χ1v) is 10.9. The van der Waals surface area contributed by atoms with Gasteiger partial charge in [0.25, 0.3) is 5.91 Å². The Labute approximate surface area is 198 Å². The highest BCUT2D eigenvalue weighted by molar-refractivity contribution is 6.34. The summed E-state index contributed by atoms with van der Waals surface area (Å²) < 4.78 is 0. The summed E-state index contributed by atoms with van der Waals surface area (Å²) in [6, 6.07) is 33.3. The minimum absolute atomic E-state index is 0.146. The third-order valence-electron chi connectivity index (χ3n) is 5.68. The average molecular weight is 455 g/mol. The number of carbonyl (C=O) groups is 2. The molecule has 0 spiro atoms. The Morgan fingerprint density at radius 1 is 0.636 bits per heavy atom. The molecule has 5 heteroatoms. The monoisotopic (exact) mass is 454 g/mol. The van der Waals surface area contributed by atoms with Crippen LogP contribution in [0.3, 0.4) is 0 Å². The number of carbonyl (C=O) groups excluding carboxylic acids is 2. The molecule has 0 saturated heterocycles. The molecule has 0 atom stereocenters. The van der Waals surface area contributed by atoms with Crippen molar-refractivity contribution < 1.29 is 9.59 Å². The van der Waals surface area contributed by atoms with Crippen molar-refractivity contribution in [3.05, 3.63) is 131 Å². The molecule has 0 saturated carbocycles. The van der Waals surface area contributed by atoms with E-state index >= 15 is 0 Å². The van der Waals surface area contributed by atoms with Gasteiger partial charge in [-0.2, -0.15) is 0 Å². The summed E-state index contributed by atoms with van der Waals surface area (Å²) in [5, 5.41) is 6.24. The minimum atomic E-state index is -0.876. The van der Waals surface area contributed by atoms with E-state index in [4.69, 9.17) is 11.6 Å². The summed E-state index contributed by atoms with van der Waals surface area (Å²) in [7, 11) is 0. The van der Waals surface area contributed by atoms with Crippen LogP contribution in [-0.4, -0.2) is 11.8 Å². The van der Waals surface area contributed by atoms with Gasteiger partial charge in [0, 0.05) is 11.4 Å². The highest BCUT2D eigenvalue weighted by atomic mass is 35.5. The van der Waals surface area contributed by atoms with Crippen molar-refractivity contribution >= 4 is 34.8 Å². The van der Waals surface area contributed by atoms with Gasteiger partial charge in [-0.05, 0) is 54.4 Å². The lowest BCUT2D eigenvalue weighted by Gasteiger charge is -2.29. The molecule has 4 aromatic carbocycles. The Kier molecular flexibility index (Phi) is 6.57. The van der Waals surface area contributed by atoms with Crippen LogP contribution in [0.5, 0.6) is 0 Å². The maximum atomic E-state index is 13.5. The molecule has 164 valence electrons. The van der Waals surface area contributed by atoms with Gasteiger partial charge >= 0.3 is 0 Å². The molecule has 2 N–H and O–H groups in total. The van der Waals surface area contributed by atoms with Crippen molar-refractivity contribution in [2.24, 2.45) is 0 Å². The lowest BCUT2D eigenvalue weighted by Crippen LogP contribution is -2.38. The fraction of sp³-hybridized carbons (Fsp3) is 0.0714. The zero-order valence-corrected chi connectivity index (χ0v) is 18.8. The molecule has 0 aliphatic carbocycles. The van der Waals surface area contributed by atoms with Crippen LogP contribution in [0.4, 0.5) is 11.4 Å². The Balaban J connectivity index is 1.53. The van der Waals surface area contributed by atoms with Crippen molar-refractivity contribution in [2.75, 3.05) is 10.6 Å². The van der Waals surface area contributed by atoms with Crippen LogP contribution in [0, 0.1) is 0 Å². The Morgan fingerprint density at radius 2 is 1.09 bits per heavy atom. The second-order valence-corrected chi connectivity index (χ2v) is 8.23. The Hall–Kier alpha value is -3.89. The number of benzene rings is 4. The van der Waals surface area contributed by atoms with Gasteiger partial charge in [0.15, 0.2) is 0 Å². The van der Waals surface area contributed by atoms with Crippen LogP contribution in [0.2, 0.25) is 5.02 Å². The van der Waals surface area contributed by atoms with E-state index < -0.39 is 5.41 Å². The van der Waals surface area contributed by atoms with Crippen molar-refractivity contribution in [3.8, 4) is 0 Å². The summed E-state index contributed by atoms with van der Waals surface area (Å²) in [6.45, 7) is 1.92. The van der Waals surface area contributed by atoms with Crippen LogP contribution in [-0.2, 0) is 10.2 Å². The zero-order chi connectivity index (χ0) is 23.3. The molecule has 0 heterocycles. The van der Waals surface area contributed by atoms with Gasteiger partial charge in [-0.1, -0.05) is 84.4 Å². The van der Waals surface area contributed by atoms with Gasteiger partial charge in [0.2, 0.25) is 5.91 Å². The third-order valence-corrected chi connectivity index (χ3v) is 6.01. The van der Waals surface area contributed by atoms with E-state index in [2.05, 4.69) is 10.6 Å². The lowest BCUT2D eigenvalue weighted by molar-refractivity contribution is -0.119. The first kappa shape index (κ1) is 22.3. The highest BCUT2D eigenvalue weighted by Crippen LogP contribution is 2.33. The second kappa shape index (κ2) is 9.72. The molecule has 0 aliphatic heterocycles. The van der Waals surface area contributed by atoms with Gasteiger partial charge in [0.1, 0.15) is 0 Å². The Bertz CT molecular complexity index is 1220. The fourth-order valence-electron chi connectivity index (χ4n) is 3.71. The number of halogens is 1. The minimum Gasteiger partial charge on any atom is -0.325 e. The van der Waals surface area contributed by atoms with E-state index in [0.29, 0.717) is 22.0 Å². The molecule has 4 aromatic rings. The van der Waals surface area contributed by atoms with Crippen LogP contribution < -0.4 is 10.6 Å². The van der Waals surface area contributed by atoms with Crippen LogP contribution in [0.25, 0.3) is 0 Å². The summed E-state index contributed by atoms with van der Waals surface area (Å²) in [6.07, 6.45) is 0. The van der Waals surface area contributed by atoms with Crippen LogP contribution in [0.1, 0.15) is 28.4 Å². The molecule has 33 heavy (non-hydrogen) atoms. The van der Waals surface area contributed by atoms with Gasteiger partial charge in [0.05, 0.1) is 16.0 Å². The molecule has 0 unspecified atom stereocenters. The van der Waals surface area contributed by atoms with E-state index in [-0.39, 0.29) is 11.8 Å². The number of hydrogen-bond acceptors (Lipinski definition) is 2. The number of hydrogen-bond donors (Lipinski definition) is 2. The maximum absolute atomic E-state index is 13.5. The summed E-state index contributed by atoms with van der Waals surface area (Å²) in [5.74, 6) is -0.439. The Morgan fingerprint density at radius 3 is 1.61 bits per heavy atom. The SMILES string of the molecule is CC(C(=O)Nc1ccc(NC(=O)c2ccccc2Cl)cc1)(c1ccccc1)c1ccccc1. The quantitative estimate of drug-likeness (QED) is 0.347. The highest BCUT2D eigenvalue weighted by Gasteiger charge is 2.37. The third kappa shape index (κ3) is 4.81. The van der Waals surface area contributed by atoms with Gasteiger partial charge < -0.3 is 10.6 Å².